The van der Waals surface area contributed by atoms with E-state index in [1.54, 1.807) is 4.57 Å². The third-order valence-corrected chi connectivity index (χ3v) is 2.33. The number of hydrogen-bond donors (Lipinski definition) is 3. The fraction of sp³-hybridized carbons (Fsp3) is 0.500. The van der Waals surface area contributed by atoms with E-state index in [0.29, 0.717) is 17.1 Å². The zero-order chi connectivity index (χ0) is 10.7. The molecule has 6 heteroatoms. The van der Waals surface area contributed by atoms with Crippen molar-refractivity contribution in [1.29, 1.82) is 0 Å². The quantitative estimate of drug-likeness (QED) is 0.654. The van der Waals surface area contributed by atoms with Crippen molar-refractivity contribution in [3.8, 4) is 0 Å². The number of H-pyrrole nitrogens is 1. The van der Waals surface area contributed by atoms with E-state index < -0.39 is 5.91 Å². The van der Waals surface area contributed by atoms with Gasteiger partial charge in [-0.15, -0.1) is 0 Å². The summed E-state index contributed by atoms with van der Waals surface area (Å²) in [5.74, 6) is -0.250. The van der Waals surface area contributed by atoms with Crippen LogP contribution in [0.4, 0.5) is 5.82 Å². The van der Waals surface area contributed by atoms with Gasteiger partial charge in [0.2, 0.25) is 0 Å². The average Bonchev–Trinajstić information content (AvgIpc) is 2.40. The minimum absolute atomic E-state index is 0.200. The fourth-order valence-electron chi connectivity index (χ4n) is 1.21. The van der Waals surface area contributed by atoms with E-state index in [0.717, 1.165) is 12.8 Å². The van der Waals surface area contributed by atoms with Gasteiger partial charge in [-0.1, -0.05) is 13.3 Å². The number of anilines is 1. The van der Waals surface area contributed by atoms with Gasteiger partial charge in [0, 0.05) is 6.54 Å². The Morgan fingerprint density at radius 3 is 2.71 bits per heavy atom. The molecule has 5 nitrogen and oxygen atoms in total. The van der Waals surface area contributed by atoms with Crippen LogP contribution in [0.5, 0.6) is 0 Å². The molecule has 1 aromatic rings. The number of carbonyl (C=O) groups is 1. The van der Waals surface area contributed by atoms with E-state index in [9.17, 15) is 4.79 Å². The highest BCUT2D eigenvalue weighted by Crippen LogP contribution is 2.12. The van der Waals surface area contributed by atoms with Gasteiger partial charge in [0.1, 0.15) is 11.5 Å². The van der Waals surface area contributed by atoms with Crippen molar-refractivity contribution in [3.63, 3.8) is 0 Å². The van der Waals surface area contributed by atoms with Gasteiger partial charge in [-0.25, -0.2) is 0 Å². The number of nitrogens with zero attached hydrogens (tertiary/aromatic N) is 1. The third-order valence-electron chi connectivity index (χ3n) is 2.01. The molecule has 0 unspecified atom stereocenters. The minimum atomic E-state index is -0.580. The highest BCUT2D eigenvalue weighted by Gasteiger charge is 2.12. The number of nitrogens with two attached hydrogens (primary N) is 2. The molecule has 0 aliphatic heterocycles. The topological polar surface area (TPSA) is 89.8 Å². The van der Waals surface area contributed by atoms with Gasteiger partial charge >= 0.3 is 0 Å². The molecule has 0 atom stereocenters. The number of hydrogen-bond acceptors (Lipinski definition) is 3. The molecule has 0 saturated carbocycles. The molecule has 0 aliphatic carbocycles. The summed E-state index contributed by atoms with van der Waals surface area (Å²) in [7, 11) is 0. The van der Waals surface area contributed by atoms with Gasteiger partial charge in [0.15, 0.2) is 4.77 Å². The monoisotopic (exact) mass is 214 g/mol. The Kier molecular flexibility index (Phi) is 3.29. The molecule has 0 fully saturated rings. The molecule has 5 N–H and O–H groups in total. The van der Waals surface area contributed by atoms with E-state index in [-0.39, 0.29) is 5.69 Å². The van der Waals surface area contributed by atoms with Crippen LogP contribution in [0.2, 0.25) is 0 Å². The van der Waals surface area contributed by atoms with Crippen LogP contribution in [0.1, 0.15) is 30.3 Å². The van der Waals surface area contributed by atoms with Crippen molar-refractivity contribution in [3.05, 3.63) is 10.5 Å². The lowest BCUT2D eigenvalue weighted by Crippen LogP contribution is -2.14. The van der Waals surface area contributed by atoms with Gasteiger partial charge in [-0.3, -0.25) is 4.79 Å². The molecule has 0 spiro atoms. The summed E-state index contributed by atoms with van der Waals surface area (Å²) in [4.78, 5) is 13.6. The molecular weight excluding hydrogens is 200 g/mol. The number of imidazole rings is 1. The molecular formula is C8H14N4OS. The lowest BCUT2D eigenvalue weighted by atomic mass is 10.3. The summed E-state index contributed by atoms with van der Waals surface area (Å²) < 4.78 is 2.14. The van der Waals surface area contributed by atoms with Crippen LogP contribution in [-0.4, -0.2) is 15.5 Å². The van der Waals surface area contributed by atoms with Gasteiger partial charge in [-0.2, -0.15) is 0 Å². The molecule has 0 aromatic carbocycles. The third kappa shape index (κ3) is 1.95. The zero-order valence-corrected chi connectivity index (χ0v) is 8.86. The standard InChI is InChI=1S/C8H14N4OS/c1-2-3-4-12-6(9)5(7(10)13)11-8(12)14/h2-4,9H2,1H3,(H2,10,13)(H,11,14). The van der Waals surface area contributed by atoms with Gasteiger partial charge in [-0.05, 0) is 18.6 Å². The highest BCUT2D eigenvalue weighted by molar-refractivity contribution is 7.71. The van der Waals surface area contributed by atoms with Crippen molar-refractivity contribution >= 4 is 23.9 Å². The number of amides is 1. The molecule has 78 valence electrons. The Balaban J connectivity index is 3.05. The van der Waals surface area contributed by atoms with Gasteiger partial charge in [0.25, 0.3) is 5.91 Å². The first-order valence-corrected chi connectivity index (χ1v) is 4.86. The van der Waals surface area contributed by atoms with Crippen LogP contribution in [0.25, 0.3) is 0 Å². The lowest BCUT2D eigenvalue weighted by molar-refractivity contribution is 0.0997. The average molecular weight is 214 g/mol. The summed E-state index contributed by atoms with van der Waals surface area (Å²) in [6, 6.07) is 0. The largest absolute Gasteiger partial charge is 0.383 e. The second kappa shape index (κ2) is 4.28. The van der Waals surface area contributed by atoms with Crippen LogP contribution in [0.3, 0.4) is 0 Å². The SMILES string of the molecule is CCCCn1c(N)c(C(N)=O)[nH]c1=S. The van der Waals surface area contributed by atoms with E-state index in [2.05, 4.69) is 11.9 Å². The Morgan fingerprint density at radius 1 is 1.64 bits per heavy atom. The number of nitrogens with one attached hydrogen (secondary N) is 1. The van der Waals surface area contributed by atoms with Gasteiger partial charge < -0.3 is 21.0 Å². The number of rotatable bonds is 4. The van der Waals surface area contributed by atoms with Crippen LogP contribution < -0.4 is 11.5 Å². The second-order valence-corrected chi connectivity index (χ2v) is 3.45. The first-order valence-electron chi connectivity index (χ1n) is 4.46. The lowest BCUT2D eigenvalue weighted by Gasteiger charge is -2.03. The molecule has 0 aliphatic rings. The van der Waals surface area contributed by atoms with E-state index in [1.807, 2.05) is 0 Å². The number of nitrogen functional groups attached to an aromatic ring is 1. The summed E-state index contributed by atoms with van der Waals surface area (Å²) in [5, 5.41) is 0. The summed E-state index contributed by atoms with van der Waals surface area (Å²) >= 11 is 5.01. The molecule has 0 radical (unpaired) electrons. The number of aromatic amines is 1. The number of carbonyl (C=O) groups excluding carboxylic acids is 1. The van der Waals surface area contributed by atoms with Crippen molar-refractivity contribution < 1.29 is 4.79 Å². The number of unbranched alkanes of at least 4 members (excludes halogenated alkanes) is 1. The predicted molar refractivity (Wildman–Crippen MR) is 57.5 cm³/mol. The Morgan fingerprint density at radius 2 is 2.29 bits per heavy atom. The molecule has 1 rings (SSSR count). The second-order valence-electron chi connectivity index (χ2n) is 3.06. The van der Waals surface area contributed by atoms with Crippen molar-refractivity contribution in [2.75, 3.05) is 5.73 Å². The molecule has 1 amide bonds. The molecule has 1 aromatic heterocycles. The van der Waals surface area contributed by atoms with Crippen LogP contribution in [0, 0.1) is 4.77 Å². The highest BCUT2D eigenvalue weighted by atomic mass is 32.1. The summed E-state index contributed by atoms with van der Waals surface area (Å²) in [5.41, 5.74) is 11.0. The molecule has 14 heavy (non-hydrogen) atoms. The normalized spacial score (nSPS) is 10.4. The van der Waals surface area contributed by atoms with Crippen molar-refractivity contribution in [2.24, 2.45) is 5.73 Å². The first-order chi connectivity index (χ1) is 6.57. The smallest absolute Gasteiger partial charge is 0.268 e. The zero-order valence-electron chi connectivity index (χ0n) is 8.04. The van der Waals surface area contributed by atoms with E-state index >= 15 is 0 Å². The molecule has 0 bridgehead atoms. The van der Waals surface area contributed by atoms with Crippen molar-refractivity contribution in [2.45, 2.75) is 26.3 Å². The molecule has 0 saturated heterocycles. The minimum Gasteiger partial charge on any atom is -0.383 e. The maximum atomic E-state index is 10.9. The maximum absolute atomic E-state index is 10.9. The Bertz CT molecular complexity index is 393. The van der Waals surface area contributed by atoms with Crippen LogP contribution in [0.15, 0.2) is 0 Å². The summed E-state index contributed by atoms with van der Waals surface area (Å²) in [6.07, 6.45) is 2.01. The van der Waals surface area contributed by atoms with E-state index in [1.165, 1.54) is 0 Å². The Hall–Kier alpha value is -1.30. The number of aromatic nitrogens is 2. The first kappa shape index (κ1) is 10.8. The van der Waals surface area contributed by atoms with Crippen molar-refractivity contribution in [1.82, 2.24) is 9.55 Å². The van der Waals surface area contributed by atoms with Crippen LogP contribution >= 0.6 is 12.2 Å². The fourth-order valence-corrected chi connectivity index (χ4v) is 1.50. The predicted octanol–water partition coefficient (Wildman–Crippen LogP) is 1.03. The van der Waals surface area contributed by atoms with Crippen LogP contribution in [-0.2, 0) is 6.54 Å². The van der Waals surface area contributed by atoms with E-state index in [4.69, 9.17) is 23.7 Å². The van der Waals surface area contributed by atoms with Gasteiger partial charge in [0.05, 0.1) is 0 Å². The Labute approximate surface area is 87.1 Å². The molecule has 1 heterocycles. The maximum Gasteiger partial charge on any atom is 0.268 e. The summed E-state index contributed by atoms with van der Waals surface area (Å²) in [6.45, 7) is 2.78. The number of primary amides is 1.